The van der Waals surface area contributed by atoms with E-state index in [4.69, 9.17) is 15.0 Å². The Balaban J connectivity index is 2.44. The van der Waals surface area contributed by atoms with E-state index in [0.29, 0.717) is 6.42 Å². The van der Waals surface area contributed by atoms with Gasteiger partial charge in [0.25, 0.3) is 0 Å². The molecule has 0 amide bonds. The normalized spacial score (nSPS) is 13.0. The van der Waals surface area contributed by atoms with E-state index in [0.717, 1.165) is 17.5 Å². The van der Waals surface area contributed by atoms with E-state index < -0.39 is 5.97 Å². The molecule has 0 aliphatic rings. The highest BCUT2D eigenvalue weighted by atomic mass is 16.5. The summed E-state index contributed by atoms with van der Waals surface area (Å²) in [5.41, 5.74) is 9.32. The van der Waals surface area contributed by atoms with Crippen molar-refractivity contribution in [3.8, 4) is 5.75 Å². The van der Waals surface area contributed by atoms with Gasteiger partial charge in [0.15, 0.2) is 0 Å². The van der Waals surface area contributed by atoms with Crippen molar-refractivity contribution in [2.45, 2.75) is 39.4 Å². The van der Waals surface area contributed by atoms with Crippen LogP contribution in [0.4, 0.5) is 0 Å². The number of hydrogen-bond donors (Lipinski definition) is 0. The van der Waals surface area contributed by atoms with Crippen LogP contribution in [0.15, 0.2) is 24.3 Å². The average molecular weight is 262 g/mol. The summed E-state index contributed by atoms with van der Waals surface area (Å²) >= 11 is 0. The van der Waals surface area contributed by atoms with Crippen LogP contribution in [-0.4, -0.2) is 29.2 Å². The maximum Gasteiger partial charge on any atom is 0.413 e. The third kappa shape index (κ3) is 5.84. The van der Waals surface area contributed by atoms with Gasteiger partial charge >= 0.3 is 12.2 Å². The van der Waals surface area contributed by atoms with Crippen molar-refractivity contribution in [3.05, 3.63) is 35.4 Å². The lowest BCUT2D eigenvalue weighted by Gasteiger charge is -2.18. The lowest BCUT2D eigenvalue weighted by molar-refractivity contribution is -0.144. The van der Waals surface area contributed by atoms with Crippen molar-refractivity contribution < 1.29 is 19.1 Å². The zero-order valence-electron chi connectivity index (χ0n) is 11.4. The van der Waals surface area contributed by atoms with Gasteiger partial charge in [0.05, 0.1) is 6.10 Å². The van der Waals surface area contributed by atoms with E-state index in [2.05, 4.69) is 4.79 Å². The molecule has 0 fully saturated rings. The topological polar surface area (TPSA) is 71.9 Å². The van der Waals surface area contributed by atoms with Gasteiger partial charge in [0, 0.05) is 6.42 Å². The van der Waals surface area contributed by atoms with Crippen LogP contribution in [-0.2, 0) is 9.53 Å². The highest BCUT2D eigenvalue weighted by Gasteiger charge is 2.15. The molecular formula is C14H18N2O3. The predicted molar refractivity (Wildman–Crippen MR) is 71.1 cm³/mol. The minimum Gasteiger partial charge on any atom is -0.491 e. The van der Waals surface area contributed by atoms with Crippen molar-refractivity contribution in [2.75, 3.05) is 0 Å². The summed E-state index contributed by atoms with van der Waals surface area (Å²) in [6.45, 7) is 5.67. The zero-order chi connectivity index (χ0) is 14.3. The number of esters is 1. The molecule has 0 aliphatic carbocycles. The van der Waals surface area contributed by atoms with Crippen molar-refractivity contribution in [1.29, 1.82) is 0 Å². The van der Waals surface area contributed by atoms with Gasteiger partial charge in [-0.1, -0.05) is 12.1 Å². The molecule has 0 heterocycles. The van der Waals surface area contributed by atoms with E-state index in [1.807, 2.05) is 38.1 Å². The van der Waals surface area contributed by atoms with Gasteiger partial charge in [0.1, 0.15) is 11.9 Å². The minimum absolute atomic E-state index is 0.0873. The highest BCUT2D eigenvalue weighted by molar-refractivity contribution is 6.20. The number of benzene rings is 1. The van der Waals surface area contributed by atoms with E-state index >= 15 is 0 Å². The predicted octanol–water partition coefficient (Wildman–Crippen LogP) is 2.38. The monoisotopic (exact) mass is 262 g/mol. The molecule has 5 heteroatoms. The smallest absolute Gasteiger partial charge is 0.413 e. The minimum atomic E-state index is -0.669. The molecule has 5 nitrogen and oxygen atoms in total. The fourth-order valence-electron chi connectivity index (χ4n) is 1.76. The van der Waals surface area contributed by atoms with Gasteiger partial charge in [-0.05, 0) is 38.5 Å². The molecule has 0 aromatic heterocycles. The molecule has 2 unspecified atom stereocenters. The first-order chi connectivity index (χ1) is 9.01. The SMILES string of the molecule is Cc1cccc(OC(C)CC(C)OC(=O)C=[N+]=[N-])c1. The van der Waals surface area contributed by atoms with E-state index in [9.17, 15) is 4.79 Å². The number of carbonyl (C=O) groups excluding carboxylic acids is 1. The van der Waals surface area contributed by atoms with Gasteiger partial charge in [0.2, 0.25) is 0 Å². The Morgan fingerprint density at radius 2 is 2.16 bits per heavy atom. The van der Waals surface area contributed by atoms with Gasteiger partial charge in [-0.25, -0.2) is 4.79 Å². The van der Waals surface area contributed by atoms with Crippen LogP contribution in [0.5, 0.6) is 5.75 Å². The van der Waals surface area contributed by atoms with Gasteiger partial charge in [-0.15, -0.1) is 0 Å². The van der Waals surface area contributed by atoms with Gasteiger partial charge in [-0.3, -0.25) is 0 Å². The number of aryl methyl sites for hydroxylation is 1. The molecule has 0 aliphatic heterocycles. The van der Waals surface area contributed by atoms with Crippen molar-refractivity contribution >= 4 is 12.2 Å². The third-order valence-electron chi connectivity index (χ3n) is 2.47. The number of ether oxygens (including phenoxy) is 2. The molecule has 2 atom stereocenters. The summed E-state index contributed by atoms with van der Waals surface area (Å²) in [6.07, 6.45) is 0.877. The molecular weight excluding hydrogens is 244 g/mol. The van der Waals surface area contributed by atoms with Crippen LogP contribution < -0.4 is 4.74 Å². The Labute approximate surface area is 112 Å². The van der Waals surface area contributed by atoms with Crippen LogP contribution in [0.25, 0.3) is 5.53 Å². The summed E-state index contributed by atoms with van der Waals surface area (Å²) < 4.78 is 10.7. The maximum atomic E-state index is 11.1. The maximum absolute atomic E-state index is 11.1. The molecule has 0 saturated heterocycles. The molecule has 0 N–H and O–H groups in total. The molecule has 1 aromatic rings. The van der Waals surface area contributed by atoms with Gasteiger partial charge < -0.3 is 15.0 Å². The van der Waals surface area contributed by atoms with Crippen LogP contribution in [0, 0.1) is 6.92 Å². The van der Waals surface area contributed by atoms with Gasteiger partial charge in [-0.2, -0.15) is 4.79 Å². The first-order valence-corrected chi connectivity index (χ1v) is 6.12. The van der Waals surface area contributed by atoms with Crippen LogP contribution in [0.3, 0.4) is 0 Å². The van der Waals surface area contributed by atoms with Crippen LogP contribution in [0.2, 0.25) is 0 Å². The lowest BCUT2D eigenvalue weighted by atomic mass is 10.2. The average Bonchev–Trinajstić information content (AvgIpc) is 2.28. The van der Waals surface area contributed by atoms with E-state index in [1.165, 1.54) is 0 Å². The fourth-order valence-corrected chi connectivity index (χ4v) is 1.76. The van der Waals surface area contributed by atoms with Crippen LogP contribution >= 0.6 is 0 Å². The summed E-state index contributed by atoms with van der Waals surface area (Å²) in [5.74, 6) is 0.126. The molecule has 0 spiro atoms. The summed E-state index contributed by atoms with van der Waals surface area (Å²) in [4.78, 5) is 13.7. The summed E-state index contributed by atoms with van der Waals surface area (Å²) in [6, 6.07) is 7.76. The first-order valence-electron chi connectivity index (χ1n) is 6.12. The summed E-state index contributed by atoms with van der Waals surface area (Å²) in [7, 11) is 0. The molecule has 1 rings (SSSR count). The fraction of sp³-hybridized carbons (Fsp3) is 0.429. The summed E-state index contributed by atoms with van der Waals surface area (Å²) in [5, 5.41) is 0. The lowest BCUT2D eigenvalue weighted by Crippen LogP contribution is -2.23. The first kappa shape index (κ1) is 14.9. The molecule has 0 radical (unpaired) electrons. The molecule has 19 heavy (non-hydrogen) atoms. The molecule has 0 bridgehead atoms. The molecule has 1 aromatic carbocycles. The number of rotatable bonds is 6. The van der Waals surface area contributed by atoms with Crippen molar-refractivity contribution in [3.63, 3.8) is 0 Å². The van der Waals surface area contributed by atoms with E-state index in [1.54, 1.807) is 6.92 Å². The van der Waals surface area contributed by atoms with Crippen molar-refractivity contribution in [1.82, 2.24) is 0 Å². The van der Waals surface area contributed by atoms with Crippen molar-refractivity contribution in [2.24, 2.45) is 0 Å². The Bertz CT molecular complexity index is 481. The highest BCUT2D eigenvalue weighted by Crippen LogP contribution is 2.16. The zero-order valence-corrected chi connectivity index (χ0v) is 11.4. The van der Waals surface area contributed by atoms with Crippen LogP contribution in [0.1, 0.15) is 25.8 Å². The second-order valence-electron chi connectivity index (χ2n) is 4.47. The number of carbonyl (C=O) groups is 1. The number of nitrogens with zero attached hydrogens (tertiary/aromatic N) is 2. The second kappa shape index (κ2) is 7.34. The quantitative estimate of drug-likeness (QED) is 0.342. The van der Waals surface area contributed by atoms with E-state index in [-0.39, 0.29) is 12.2 Å². The molecule has 102 valence electrons. The number of hydrogen-bond acceptors (Lipinski definition) is 3. The Kier molecular flexibility index (Phi) is 5.76. The standard InChI is InChI=1S/C14H18N2O3/c1-10-5-4-6-13(7-10)18-11(2)8-12(3)19-14(17)9-16-15/h4-7,9,11-12H,8H2,1-3H3. The molecule has 0 saturated carbocycles. The Morgan fingerprint density at radius 1 is 1.42 bits per heavy atom. The Morgan fingerprint density at radius 3 is 2.79 bits per heavy atom. The second-order valence-corrected chi connectivity index (χ2v) is 4.47. The Hall–Kier alpha value is -2.13. The largest absolute Gasteiger partial charge is 0.491 e. The third-order valence-corrected chi connectivity index (χ3v) is 2.47.